The molecule has 0 spiro atoms. The van der Waals surface area contributed by atoms with Gasteiger partial charge in [-0.3, -0.25) is 10.1 Å². The molecule has 0 amide bonds. The average Bonchev–Trinajstić information content (AvgIpc) is 2.52. The molecule has 2 rings (SSSR count). The van der Waals surface area contributed by atoms with Crippen molar-refractivity contribution in [1.29, 1.82) is 0 Å². The smallest absolute Gasteiger partial charge is 0.311 e. The molecule has 1 saturated heterocycles. The summed E-state index contributed by atoms with van der Waals surface area (Å²) >= 11 is 0. The van der Waals surface area contributed by atoms with Crippen molar-refractivity contribution in [2.45, 2.75) is 32.2 Å². The highest BCUT2D eigenvalue weighted by Gasteiger charge is 2.19. The van der Waals surface area contributed by atoms with Crippen LogP contribution in [-0.4, -0.2) is 37.7 Å². The predicted octanol–water partition coefficient (Wildman–Crippen LogP) is 2.57. The van der Waals surface area contributed by atoms with Crippen molar-refractivity contribution in [2.24, 2.45) is 0 Å². The van der Waals surface area contributed by atoms with Crippen molar-refractivity contribution in [1.82, 2.24) is 5.32 Å². The van der Waals surface area contributed by atoms with E-state index in [1.165, 1.54) is 32.4 Å². The second-order valence-electron chi connectivity index (χ2n) is 5.30. The van der Waals surface area contributed by atoms with Gasteiger partial charge >= 0.3 is 5.69 Å². The summed E-state index contributed by atoms with van der Waals surface area (Å²) < 4.78 is 5.15. The monoisotopic (exact) mass is 293 g/mol. The predicted molar refractivity (Wildman–Crippen MR) is 83.2 cm³/mol. The van der Waals surface area contributed by atoms with Gasteiger partial charge in [0.05, 0.1) is 12.0 Å². The molecule has 116 valence electrons. The Morgan fingerprint density at radius 2 is 2.29 bits per heavy atom. The van der Waals surface area contributed by atoms with Crippen molar-refractivity contribution in [3.63, 3.8) is 0 Å². The number of methoxy groups -OCH3 is 1. The molecule has 0 radical (unpaired) electrons. The average molecular weight is 293 g/mol. The molecule has 0 aromatic heterocycles. The Hall–Kier alpha value is -1.82. The topological polar surface area (TPSA) is 67.6 Å². The van der Waals surface area contributed by atoms with Gasteiger partial charge in [-0.1, -0.05) is 6.42 Å². The molecule has 1 aliphatic heterocycles. The van der Waals surface area contributed by atoms with Crippen LogP contribution in [0.4, 0.5) is 11.4 Å². The van der Waals surface area contributed by atoms with E-state index in [1.54, 1.807) is 12.1 Å². The molecule has 6 nitrogen and oxygen atoms in total. The first-order valence-corrected chi connectivity index (χ1v) is 7.46. The standard InChI is InChI=1S/C15H23N3O3/c1-3-17(11-12-6-4-5-9-16-12)13-7-8-14(18(19)20)15(10-13)21-2/h7-8,10,12,16H,3-6,9,11H2,1-2H3. The summed E-state index contributed by atoms with van der Waals surface area (Å²) in [5, 5.41) is 14.5. The molecule has 1 aliphatic rings. The van der Waals surface area contributed by atoms with Crippen LogP contribution in [0.25, 0.3) is 0 Å². The van der Waals surface area contributed by atoms with Gasteiger partial charge in [0.25, 0.3) is 0 Å². The van der Waals surface area contributed by atoms with Crippen LogP contribution in [0.2, 0.25) is 0 Å². The summed E-state index contributed by atoms with van der Waals surface area (Å²) in [7, 11) is 1.46. The van der Waals surface area contributed by atoms with E-state index in [9.17, 15) is 10.1 Å². The number of hydrogen-bond donors (Lipinski definition) is 1. The number of piperidine rings is 1. The van der Waals surface area contributed by atoms with Crippen LogP contribution in [0.5, 0.6) is 5.75 Å². The molecule has 1 N–H and O–H groups in total. The summed E-state index contributed by atoms with van der Waals surface area (Å²) in [6, 6.07) is 5.56. The lowest BCUT2D eigenvalue weighted by molar-refractivity contribution is -0.385. The van der Waals surface area contributed by atoms with Gasteiger partial charge in [0, 0.05) is 37.0 Å². The number of nitro benzene ring substituents is 1. The van der Waals surface area contributed by atoms with Gasteiger partial charge in [-0.2, -0.15) is 0 Å². The number of likely N-dealkylation sites (N-methyl/N-ethyl adjacent to an activating group) is 1. The number of nitrogens with one attached hydrogen (secondary N) is 1. The number of ether oxygens (including phenoxy) is 1. The minimum absolute atomic E-state index is 0.00749. The van der Waals surface area contributed by atoms with Crippen LogP contribution in [0.3, 0.4) is 0 Å². The maximum absolute atomic E-state index is 11.0. The molecule has 6 heteroatoms. The quantitative estimate of drug-likeness (QED) is 0.645. The molecule has 0 saturated carbocycles. The van der Waals surface area contributed by atoms with Gasteiger partial charge in [0.2, 0.25) is 0 Å². The first-order chi connectivity index (χ1) is 10.2. The molecular weight excluding hydrogens is 270 g/mol. The van der Waals surface area contributed by atoms with Crippen LogP contribution in [-0.2, 0) is 0 Å². The largest absolute Gasteiger partial charge is 0.490 e. The summed E-state index contributed by atoms with van der Waals surface area (Å²) in [6.07, 6.45) is 3.69. The number of nitrogens with zero attached hydrogens (tertiary/aromatic N) is 2. The minimum Gasteiger partial charge on any atom is -0.490 e. The van der Waals surface area contributed by atoms with E-state index in [-0.39, 0.29) is 5.69 Å². The molecule has 1 fully saturated rings. The minimum atomic E-state index is -0.415. The number of anilines is 1. The maximum Gasteiger partial charge on any atom is 0.311 e. The molecule has 21 heavy (non-hydrogen) atoms. The van der Waals surface area contributed by atoms with E-state index in [4.69, 9.17) is 4.74 Å². The molecule has 1 aromatic rings. The van der Waals surface area contributed by atoms with Crippen LogP contribution < -0.4 is 15.0 Å². The zero-order valence-electron chi connectivity index (χ0n) is 12.7. The Morgan fingerprint density at radius 3 is 2.86 bits per heavy atom. The van der Waals surface area contributed by atoms with Gasteiger partial charge < -0.3 is 15.0 Å². The van der Waals surface area contributed by atoms with Crippen LogP contribution in [0, 0.1) is 10.1 Å². The number of hydrogen-bond acceptors (Lipinski definition) is 5. The second-order valence-corrected chi connectivity index (χ2v) is 5.30. The first kappa shape index (κ1) is 15.6. The van der Waals surface area contributed by atoms with Gasteiger partial charge in [-0.25, -0.2) is 0 Å². The van der Waals surface area contributed by atoms with Gasteiger partial charge in [0.15, 0.2) is 5.75 Å². The lowest BCUT2D eigenvalue weighted by Gasteiger charge is -2.31. The molecular formula is C15H23N3O3. The molecule has 1 atom stereocenters. The zero-order chi connectivity index (χ0) is 15.2. The Bertz CT molecular complexity index is 487. The van der Waals surface area contributed by atoms with Gasteiger partial charge in [-0.05, 0) is 32.4 Å². The van der Waals surface area contributed by atoms with Crippen LogP contribution in [0.1, 0.15) is 26.2 Å². The summed E-state index contributed by atoms with van der Waals surface area (Å²) in [6.45, 7) is 4.94. The second kappa shape index (κ2) is 7.26. The molecule has 1 unspecified atom stereocenters. The molecule has 0 aliphatic carbocycles. The lowest BCUT2D eigenvalue weighted by atomic mass is 10.0. The summed E-state index contributed by atoms with van der Waals surface area (Å²) in [5.74, 6) is 0.313. The van der Waals surface area contributed by atoms with Crippen molar-refractivity contribution in [3.05, 3.63) is 28.3 Å². The molecule has 0 bridgehead atoms. The Morgan fingerprint density at radius 1 is 1.48 bits per heavy atom. The van der Waals surface area contributed by atoms with Gasteiger partial charge in [-0.15, -0.1) is 0 Å². The van der Waals surface area contributed by atoms with E-state index < -0.39 is 4.92 Å². The highest BCUT2D eigenvalue weighted by Crippen LogP contribution is 2.31. The van der Waals surface area contributed by atoms with Crippen molar-refractivity contribution < 1.29 is 9.66 Å². The Kier molecular flexibility index (Phi) is 5.38. The number of benzene rings is 1. The number of rotatable bonds is 6. The third-order valence-electron chi connectivity index (χ3n) is 3.96. The third-order valence-corrected chi connectivity index (χ3v) is 3.96. The van der Waals surface area contributed by atoms with E-state index in [0.29, 0.717) is 11.8 Å². The van der Waals surface area contributed by atoms with Gasteiger partial charge in [0.1, 0.15) is 0 Å². The highest BCUT2D eigenvalue weighted by molar-refractivity contribution is 5.59. The van der Waals surface area contributed by atoms with E-state index in [0.717, 1.165) is 25.3 Å². The maximum atomic E-state index is 11.0. The summed E-state index contributed by atoms with van der Waals surface area (Å²) in [4.78, 5) is 12.8. The fourth-order valence-corrected chi connectivity index (χ4v) is 2.78. The SMILES string of the molecule is CCN(CC1CCCCN1)c1ccc([N+](=O)[O-])c(OC)c1. The first-order valence-electron chi connectivity index (χ1n) is 7.46. The molecule has 1 aromatic carbocycles. The molecule has 1 heterocycles. The van der Waals surface area contributed by atoms with Crippen molar-refractivity contribution in [2.75, 3.05) is 31.6 Å². The highest BCUT2D eigenvalue weighted by atomic mass is 16.6. The summed E-state index contributed by atoms with van der Waals surface area (Å²) in [5.41, 5.74) is 0.973. The fourth-order valence-electron chi connectivity index (χ4n) is 2.78. The van der Waals surface area contributed by atoms with Crippen LogP contribution in [0.15, 0.2) is 18.2 Å². The normalized spacial score (nSPS) is 18.3. The van der Waals surface area contributed by atoms with Crippen molar-refractivity contribution >= 4 is 11.4 Å². The Balaban J connectivity index is 2.15. The van der Waals surface area contributed by atoms with E-state index in [2.05, 4.69) is 17.1 Å². The lowest BCUT2D eigenvalue weighted by Crippen LogP contribution is -2.43. The number of nitro groups is 1. The van der Waals surface area contributed by atoms with Crippen LogP contribution >= 0.6 is 0 Å². The van der Waals surface area contributed by atoms with Crippen molar-refractivity contribution in [3.8, 4) is 5.75 Å². The van der Waals surface area contributed by atoms with E-state index in [1.807, 2.05) is 0 Å². The zero-order valence-corrected chi connectivity index (χ0v) is 12.7. The Labute approximate surface area is 125 Å². The fraction of sp³-hybridized carbons (Fsp3) is 0.600. The van der Waals surface area contributed by atoms with E-state index >= 15 is 0 Å². The third kappa shape index (κ3) is 3.85.